The van der Waals surface area contributed by atoms with Gasteiger partial charge in [0, 0.05) is 28.7 Å². The van der Waals surface area contributed by atoms with Crippen LogP contribution in [0, 0.1) is 0 Å². The summed E-state index contributed by atoms with van der Waals surface area (Å²) in [6.07, 6.45) is 3.46. The molecule has 1 aliphatic carbocycles. The maximum absolute atomic E-state index is 12.1. The summed E-state index contributed by atoms with van der Waals surface area (Å²) in [6.45, 7) is 0.358. The number of anilines is 1. The predicted molar refractivity (Wildman–Crippen MR) is 104 cm³/mol. The fourth-order valence-corrected chi connectivity index (χ4v) is 3.07. The summed E-state index contributed by atoms with van der Waals surface area (Å²) in [7, 11) is 0. The van der Waals surface area contributed by atoms with Gasteiger partial charge in [-0.1, -0.05) is 41.4 Å². The van der Waals surface area contributed by atoms with E-state index >= 15 is 0 Å². The molecule has 0 radical (unpaired) electrons. The second-order valence-corrected chi connectivity index (χ2v) is 6.97. The van der Waals surface area contributed by atoms with Gasteiger partial charge >= 0.3 is 6.03 Å². The summed E-state index contributed by atoms with van der Waals surface area (Å²) in [5.41, 5.74) is 2.40. The van der Waals surface area contributed by atoms with Crippen molar-refractivity contribution in [1.82, 2.24) is 15.5 Å². The molecular formula is C20H19ClN4O2. The molecule has 0 unspecified atom stereocenters. The lowest BCUT2D eigenvalue weighted by molar-refractivity contribution is 0.251. The van der Waals surface area contributed by atoms with Crippen molar-refractivity contribution in [3.8, 4) is 11.4 Å². The highest BCUT2D eigenvalue weighted by Gasteiger charge is 2.25. The number of benzene rings is 2. The Morgan fingerprint density at radius 1 is 1.15 bits per heavy atom. The van der Waals surface area contributed by atoms with E-state index in [4.69, 9.17) is 16.1 Å². The van der Waals surface area contributed by atoms with Gasteiger partial charge in [0.15, 0.2) is 0 Å². The first kappa shape index (κ1) is 17.5. The molecule has 2 N–H and O–H groups in total. The quantitative estimate of drug-likeness (QED) is 0.652. The molecule has 0 bridgehead atoms. The average Bonchev–Trinajstić information content (AvgIpc) is 3.09. The first-order chi connectivity index (χ1) is 13.2. The molecule has 0 atom stereocenters. The summed E-state index contributed by atoms with van der Waals surface area (Å²) in [5, 5.41) is 10.3. The van der Waals surface area contributed by atoms with Gasteiger partial charge in [-0.05, 0) is 48.7 Å². The molecule has 0 aliphatic heterocycles. The zero-order valence-corrected chi connectivity index (χ0v) is 15.4. The Balaban J connectivity index is 1.34. The monoisotopic (exact) mass is 382 g/mol. The Labute approximate surface area is 161 Å². The van der Waals surface area contributed by atoms with Crippen molar-refractivity contribution in [1.29, 1.82) is 0 Å². The number of halogens is 1. The third kappa shape index (κ3) is 4.11. The number of carbonyl (C=O) groups excluding carboxylic acids is 1. The Kier molecular flexibility index (Phi) is 5.07. The molecule has 2 aromatic carbocycles. The van der Waals surface area contributed by atoms with E-state index in [0.717, 1.165) is 29.9 Å². The van der Waals surface area contributed by atoms with Crippen LogP contribution in [-0.4, -0.2) is 16.2 Å². The van der Waals surface area contributed by atoms with E-state index < -0.39 is 0 Å². The number of hydrogen-bond acceptors (Lipinski definition) is 4. The highest BCUT2D eigenvalue weighted by Crippen LogP contribution is 2.36. The number of nitrogens with zero attached hydrogens (tertiary/aromatic N) is 2. The molecule has 138 valence electrons. The van der Waals surface area contributed by atoms with Gasteiger partial charge in [0.05, 0.1) is 0 Å². The second-order valence-electron chi connectivity index (χ2n) is 6.56. The summed E-state index contributed by atoms with van der Waals surface area (Å²) in [6, 6.07) is 14.4. The SMILES string of the molecule is O=C(NCc1ccccc1Cl)Nc1ccc(-c2noc(C3CCC3)n2)cc1. The van der Waals surface area contributed by atoms with Crippen LogP contribution < -0.4 is 10.6 Å². The maximum atomic E-state index is 12.1. The van der Waals surface area contributed by atoms with Gasteiger partial charge in [-0.3, -0.25) is 0 Å². The van der Waals surface area contributed by atoms with E-state index in [9.17, 15) is 4.79 Å². The predicted octanol–water partition coefficient (Wildman–Crippen LogP) is 4.98. The molecule has 1 saturated carbocycles. The van der Waals surface area contributed by atoms with Crippen molar-refractivity contribution in [2.75, 3.05) is 5.32 Å². The van der Waals surface area contributed by atoms with E-state index in [-0.39, 0.29) is 6.03 Å². The Bertz CT molecular complexity index is 935. The molecule has 0 saturated heterocycles. The molecule has 1 heterocycles. The third-order valence-electron chi connectivity index (χ3n) is 4.69. The minimum absolute atomic E-state index is 0.297. The Morgan fingerprint density at radius 2 is 1.93 bits per heavy atom. The van der Waals surface area contributed by atoms with Crippen LogP contribution in [0.5, 0.6) is 0 Å². The zero-order chi connectivity index (χ0) is 18.6. The van der Waals surface area contributed by atoms with E-state index in [2.05, 4.69) is 20.8 Å². The van der Waals surface area contributed by atoms with Crippen molar-refractivity contribution in [3.63, 3.8) is 0 Å². The van der Waals surface area contributed by atoms with Crippen LogP contribution in [0.2, 0.25) is 5.02 Å². The maximum Gasteiger partial charge on any atom is 0.319 e. The zero-order valence-electron chi connectivity index (χ0n) is 14.6. The normalized spacial score (nSPS) is 13.8. The lowest BCUT2D eigenvalue weighted by atomic mass is 9.85. The number of carbonyl (C=O) groups is 1. The number of urea groups is 1. The van der Waals surface area contributed by atoms with Crippen molar-refractivity contribution in [3.05, 3.63) is 65.0 Å². The molecule has 0 spiro atoms. The van der Waals surface area contributed by atoms with Gasteiger partial charge in [-0.25, -0.2) is 4.79 Å². The molecule has 1 fully saturated rings. The van der Waals surface area contributed by atoms with Gasteiger partial charge in [-0.15, -0.1) is 0 Å². The summed E-state index contributed by atoms with van der Waals surface area (Å²) < 4.78 is 5.35. The lowest BCUT2D eigenvalue weighted by Gasteiger charge is -2.20. The van der Waals surface area contributed by atoms with Gasteiger partial charge in [0.2, 0.25) is 11.7 Å². The summed E-state index contributed by atoms with van der Waals surface area (Å²) >= 11 is 6.09. The number of nitrogens with one attached hydrogen (secondary N) is 2. The van der Waals surface area contributed by atoms with Crippen molar-refractivity contribution >= 4 is 23.3 Å². The molecule has 3 aromatic rings. The van der Waals surface area contributed by atoms with Crippen LogP contribution in [0.25, 0.3) is 11.4 Å². The van der Waals surface area contributed by atoms with Crippen LogP contribution in [0.15, 0.2) is 53.1 Å². The largest absolute Gasteiger partial charge is 0.339 e. The highest BCUT2D eigenvalue weighted by molar-refractivity contribution is 6.31. The van der Waals surface area contributed by atoms with E-state index in [1.807, 2.05) is 42.5 Å². The molecular weight excluding hydrogens is 364 g/mol. The number of amides is 2. The van der Waals surface area contributed by atoms with E-state index in [1.54, 1.807) is 6.07 Å². The van der Waals surface area contributed by atoms with Crippen LogP contribution in [0.4, 0.5) is 10.5 Å². The average molecular weight is 383 g/mol. The van der Waals surface area contributed by atoms with E-state index in [0.29, 0.717) is 29.0 Å². The summed E-state index contributed by atoms with van der Waals surface area (Å²) in [5.74, 6) is 1.71. The third-order valence-corrected chi connectivity index (χ3v) is 5.06. The van der Waals surface area contributed by atoms with Crippen LogP contribution >= 0.6 is 11.6 Å². The standard InChI is InChI=1S/C20H19ClN4O2/c21-17-7-2-1-4-15(17)12-22-20(26)23-16-10-8-13(9-11-16)18-24-19(27-25-18)14-5-3-6-14/h1-2,4,7-11,14H,3,5-6,12H2,(H2,22,23,26). The van der Waals surface area contributed by atoms with Crippen molar-refractivity contribution < 1.29 is 9.32 Å². The first-order valence-corrected chi connectivity index (χ1v) is 9.29. The van der Waals surface area contributed by atoms with Crippen molar-refractivity contribution in [2.45, 2.75) is 31.7 Å². The number of rotatable bonds is 5. The topological polar surface area (TPSA) is 80.0 Å². The van der Waals surface area contributed by atoms with Gasteiger partial charge < -0.3 is 15.2 Å². The van der Waals surface area contributed by atoms with Crippen LogP contribution in [-0.2, 0) is 6.54 Å². The molecule has 1 aliphatic rings. The fraction of sp³-hybridized carbons (Fsp3) is 0.250. The number of hydrogen-bond donors (Lipinski definition) is 2. The van der Waals surface area contributed by atoms with Crippen molar-refractivity contribution in [2.24, 2.45) is 0 Å². The molecule has 6 nitrogen and oxygen atoms in total. The van der Waals surface area contributed by atoms with E-state index in [1.165, 1.54) is 6.42 Å². The van der Waals surface area contributed by atoms with Crippen LogP contribution in [0.1, 0.15) is 36.6 Å². The minimum Gasteiger partial charge on any atom is -0.339 e. The minimum atomic E-state index is -0.297. The fourth-order valence-electron chi connectivity index (χ4n) is 2.87. The summed E-state index contributed by atoms with van der Waals surface area (Å²) in [4.78, 5) is 16.5. The Hall–Kier alpha value is -2.86. The van der Waals surface area contributed by atoms with Gasteiger partial charge in [-0.2, -0.15) is 4.98 Å². The molecule has 27 heavy (non-hydrogen) atoms. The molecule has 1 aromatic heterocycles. The second kappa shape index (κ2) is 7.80. The van der Waals surface area contributed by atoms with Crippen LogP contribution in [0.3, 0.4) is 0 Å². The smallest absolute Gasteiger partial charge is 0.319 e. The Morgan fingerprint density at radius 3 is 2.63 bits per heavy atom. The molecule has 4 rings (SSSR count). The molecule has 7 heteroatoms. The number of aromatic nitrogens is 2. The highest BCUT2D eigenvalue weighted by atomic mass is 35.5. The van der Waals surface area contributed by atoms with Gasteiger partial charge in [0.25, 0.3) is 0 Å². The lowest BCUT2D eigenvalue weighted by Crippen LogP contribution is -2.28. The first-order valence-electron chi connectivity index (χ1n) is 8.91. The molecule has 2 amide bonds. The van der Waals surface area contributed by atoms with Gasteiger partial charge in [0.1, 0.15) is 0 Å².